The van der Waals surface area contributed by atoms with E-state index >= 15 is 0 Å². The molecule has 1 fully saturated rings. The molecular weight excluding hydrogens is 258 g/mol. The summed E-state index contributed by atoms with van der Waals surface area (Å²) >= 11 is 0. The number of aryl methyl sites for hydroxylation is 2. The Balaban J connectivity index is 2.16. The van der Waals surface area contributed by atoms with E-state index in [0.29, 0.717) is 17.9 Å². The van der Waals surface area contributed by atoms with E-state index < -0.39 is 0 Å². The molecule has 0 radical (unpaired) electrons. The molecule has 0 aromatic carbocycles. The summed E-state index contributed by atoms with van der Waals surface area (Å²) < 4.78 is 0. The molecule has 0 spiro atoms. The van der Waals surface area contributed by atoms with Crippen LogP contribution in [0.1, 0.15) is 87.5 Å². The van der Waals surface area contributed by atoms with Crippen LogP contribution in [0.4, 0.5) is 0 Å². The van der Waals surface area contributed by atoms with Gasteiger partial charge in [-0.1, -0.05) is 40.0 Å². The molecule has 21 heavy (non-hydrogen) atoms. The lowest BCUT2D eigenvalue weighted by Gasteiger charge is -2.23. The molecule has 1 aromatic rings. The zero-order valence-electron chi connectivity index (χ0n) is 14.4. The second-order valence-corrected chi connectivity index (χ2v) is 6.97. The average Bonchev–Trinajstić information content (AvgIpc) is 2.45. The number of hydrogen-bond acceptors (Lipinski definition) is 3. The summed E-state index contributed by atoms with van der Waals surface area (Å²) in [5.41, 5.74) is 3.70. The van der Waals surface area contributed by atoms with Crippen LogP contribution in [0.2, 0.25) is 0 Å². The zero-order chi connectivity index (χ0) is 15.4. The van der Waals surface area contributed by atoms with E-state index in [2.05, 4.69) is 39.9 Å². The van der Waals surface area contributed by atoms with Gasteiger partial charge in [0.1, 0.15) is 5.82 Å². The topological polar surface area (TPSA) is 37.8 Å². The number of rotatable bonds is 5. The van der Waals surface area contributed by atoms with Crippen molar-refractivity contribution in [1.82, 2.24) is 15.3 Å². The highest BCUT2D eigenvalue weighted by molar-refractivity contribution is 5.29. The Labute approximate surface area is 130 Å². The van der Waals surface area contributed by atoms with Crippen molar-refractivity contribution in [2.24, 2.45) is 0 Å². The van der Waals surface area contributed by atoms with E-state index in [-0.39, 0.29) is 0 Å². The van der Waals surface area contributed by atoms with Gasteiger partial charge in [0.25, 0.3) is 0 Å². The van der Waals surface area contributed by atoms with E-state index in [0.717, 1.165) is 12.4 Å². The van der Waals surface area contributed by atoms with Crippen molar-refractivity contribution in [3.05, 3.63) is 22.8 Å². The van der Waals surface area contributed by atoms with Crippen LogP contribution in [0.15, 0.2) is 0 Å². The monoisotopic (exact) mass is 289 g/mol. The quantitative estimate of drug-likeness (QED) is 0.881. The van der Waals surface area contributed by atoms with E-state index in [9.17, 15) is 0 Å². The van der Waals surface area contributed by atoms with E-state index in [4.69, 9.17) is 9.97 Å². The fourth-order valence-corrected chi connectivity index (χ4v) is 3.52. The van der Waals surface area contributed by atoms with Crippen LogP contribution in [0.3, 0.4) is 0 Å². The van der Waals surface area contributed by atoms with Crippen LogP contribution < -0.4 is 5.32 Å². The van der Waals surface area contributed by atoms with E-state index in [1.807, 2.05) is 0 Å². The van der Waals surface area contributed by atoms with Gasteiger partial charge in [0.2, 0.25) is 0 Å². The van der Waals surface area contributed by atoms with Gasteiger partial charge in [-0.3, -0.25) is 0 Å². The molecule has 3 heteroatoms. The van der Waals surface area contributed by atoms with Crippen LogP contribution in [0, 0.1) is 13.8 Å². The number of hydrogen-bond donors (Lipinski definition) is 1. The summed E-state index contributed by atoms with van der Waals surface area (Å²) in [6, 6.07) is 0.524. The van der Waals surface area contributed by atoms with Crippen molar-refractivity contribution in [3.63, 3.8) is 0 Å². The van der Waals surface area contributed by atoms with Gasteiger partial charge in [0, 0.05) is 29.9 Å². The van der Waals surface area contributed by atoms with Gasteiger partial charge in [-0.15, -0.1) is 0 Å². The highest BCUT2D eigenvalue weighted by Gasteiger charge is 2.21. The lowest BCUT2D eigenvalue weighted by Crippen LogP contribution is -2.28. The van der Waals surface area contributed by atoms with E-state index in [1.165, 1.54) is 49.1 Å². The third-order valence-electron chi connectivity index (χ3n) is 4.64. The maximum absolute atomic E-state index is 4.87. The van der Waals surface area contributed by atoms with E-state index in [1.54, 1.807) is 0 Å². The molecule has 0 amide bonds. The minimum atomic E-state index is 0.466. The minimum absolute atomic E-state index is 0.466. The zero-order valence-corrected chi connectivity index (χ0v) is 14.4. The summed E-state index contributed by atoms with van der Waals surface area (Å²) in [5, 5.41) is 3.52. The summed E-state index contributed by atoms with van der Waals surface area (Å²) in [4.78, 5) is 9.73. The van der Waals surface area contributed by atoms with Gasteiger partial charge < -0.3 is 5.32 Å². The molecule has 3 nitrogen and oxygen atoms in total. The summed E-state index contributed by atoms with van der Waals surface area (Å²) in [6.45, 7) is 12.0. The van der Waals surface area contributed by atoms with Crippen molar-refractivity contribution >= 4 is 0 Å². The Morgan fingerprint density at radius 1 is 1.00 bits per heavy atom. The second-order valence-electron chi connectivity index (χ2n) is 6.97. The van der Waals surface area contributed by atoms with Crippen LogP contribution in [0.5, 0.6) is 0 Å². The van der Waals surface area contributed by atoms with Crippen LogP contribution in [-0.2, 0) is 0 Å². The highest BCUT2D eigenvalue weighted by atomic mass is 14.9. The van der Waals surface area contributed by atoms with Gasteiger partial charge in [-0.05, 0) is 38.2 Å². The fraction of sp³-hybridized carbons (Fsp3) is 0.778. The third kappa shape index (κ3) is 4.26. The molecular formula is C18H31N3. The molecule has 1 N–H and O–H groups in total. The number of nitrogens with one attached hydrogen (secondary N) is 1. The van der Waals surface area contributed by atoms with Gasteiger partial charge in [-0.25, -0.2) is 9.97 Å². The van der Waals surface area contributed by atoms with Gasteiger partial charge in [0.15, 0.2) is 0 Å². The average molecular weight is 289 g/mol. The largest absolute Gasteiger partial charge is 0.314 e. The molecule has 1 saturated carbocycles. The first-order valence-electron chi connectivity index (χ1n) is 8.57. The number of aromatic nitrogens is 2. The lowest BCUT2D eigenvalue weighted by atomic mass is 9.88. The molecule has 0 aliphatic heterocycles. The Hall–Kier alpha value is -0.960. The Morgan fingerprint density at radius 2 is 1.57 bits per heavy atom. The predicted molar refractivity (Wildman–Crippen MR) is 88.9 cm³/mol. The SMILES string of the molecule is Cc1nc(C2CCCCC2)nc(C)c1C(C)CNC(C)C. The van der Waals surface area contributed by atoms with Crippen LogP contribution >= 0.6 is 0 Å². The first kappa shape index (κ1) is 16.4. The molecule has 118 valence electrons. The molecule has 1 aliphatic carbocycles. The predicted octanol–water partition coefficient (Wildman–Crippen LogP) is 4.24. The summed E-state index contributed by atoms with van der Waals surface area (Å²) in [5.74, 6) is 2.15. The smallest absolute Gasteiger partial charge is 0.131 e. The maximum Gasteiger partial charge on any atom is 0.131 e. The molecule has 1 heterocycles. The lowest BCUT2D eigenvalue weighted by molar-refractivity contribution is 0.426. The Morgan fingerprint density at radius 3 is 2.10 bits per heavy atom. The molecule has 0 bridgehead atoms. The fourth-order valence-electron chi connectivity index (χ4n) is 3.52. The normalized spacial score (nSPS) is 18.2. The van der Waals surface area contributed by atoms with Crippen molar-refractivity contribution in [2.45, 2.75) is 84.6 Å². The molecule has 1 aromatic heterocycles. The van der Waals surface area contributed by atoms with Crippen molar-refractivity contribution in [3.8, 4) is 0 Å². The summed E-state index contributed by atoms with van der Waals surface area (Å²) in [6.07, 6.45) is 6.58. The molecule has 1 unspecified atom stereocenters. The van der Waals surface area contributed by atoms with Crippen LogP contribution in [-0.4, -0.2) is 22.6 Å². The van der Waals surface area contributed by atoms with Crippen molar-refractivity contribution < 1.29 is 0 Å². The first-order chi connectivity index (χ1) is 9.99. The highest BCUT2D eigenvalue weighted by Crippen LogP contribution is 2.32. The maximum atomic E-state index is 4.87. The second kappa shape index (κ2) is 7.35. The van der Waals surface area contributed by atoms with Gasteiger partial charge >= 0.3 is 0 Å². The minimum Gasteiger partial charge on any atom is -0.314 e. The summed E-state index contributed by atoms with van der Waals surface area (Å²) in [7, 11) is 0. The van der Waals surface area contributed by atoms with Crippen molar-refractivity contribution in [2.75, 3.05) is 6.54 Å². The third-order valence-corrected chi connectivity index (χ3v) is 4.64. The Kier molecular flexibility index (Phi) is 5.74. The molecule has 2 rings (SSSR count). The molecule has 1 atom stereocenters. The molecule has 0 saturated heterocycles. The standard InChI is InChI=1S/C18H31N3/c1-12(2)19-11-13(3)17-14(4)20-18(21-15(17)5)16-9-7-6-8-10-16/h12-13,16,19H,6-11H2,1-5H3. The van der Waals surface area contributed by atoms with Crippen molar-refractivity contribution in [1.29, 1.82) is 0 Å². The Bertz CT molecular complexity index is 439. The first-order valence-corrected chi connectivity index (χ1v) is 8.57. The van der Waals surface area contributed by atoms with Gasteiger partial charge in [0.05, 0.1) is 0 Å². The molecule has 1 aliphatic rings. The number of nitrogens with zero attached hydrogens (tertiary/aromatic N) is 2. The van der Waals surface area contributed by atoms with Crippen LogP contribution in [0.25, 0.3) is 0 Å². The van der Waals surface area contributed by atoms with Gasteiger partial charge in [-0.2, -0.15) is 0 Å².